The van der Waals surface area contributed by atoms with E-state index in [4.69, 9.17) is 10.5 Å². The zero-order valence-corrected chi connectivity index (χ0v) is 14.1. The average molecular weight is 370 g/mol. The van der Waals surface area contributed by atoms with Crippen LogP contribution in [0.5, 0.6) is 0 Å². The maximum Gasteiger partial charge on any atom is 0.188 e. The molecule has 0 fully saturated rings. The van der Waals surface area contributed by atoms with Gasteiger partial charge in [0.05, 0.1) is 13.2 Å². The van der Waals surface area contributed by atoms with Crippen LogP contribution in [0.3, 0.4) is 0 Å². The van der Waals surface area contributed by atoms with E-state index in [1.807, 2.05) is 6.92 Å². The number of likely N-dealkylation sites (N-methyl/N-ethyl adjacent to an activating group) is 1. The summed E-state index contributed by atoms with van der Waals surface area (Å²) in [5.74, 6) is 0.493. The third-order valence-electron chi connectivity index (χ3n) is 2.22. The molecular formula is C12H27IN4O. The molecule has 0 amide bonds. The maximum absolute atomic E-state index is 5.68. The number of nitrogens with two attached hydrogens (primary N) is 1. The van der Waals surface area contributed by atoms with E-state index in [0.717, 1.165) is 38.2 Å². The Balaban J connectivity index is 0. The Morgan fingerprint density at radius 2 is 2.11 bits per heavy atom. The molecule has 0 unspecified atom stereocenters. The van der Waals surface area contributed by atoms with Crippen LogP contribution in [-0.2, 0) is 4.74 Å². The fraction of sp³-hybridized carbons (Fsp3) is 0.750. The van der Waals surface area contributed by atoms with Crippen molar-refractivity contribution in [1.82, 2.24) is 10.2 Å². The second-order valence-corrected chi connectivity index (χ2v) is 4.23. The van der Waals surface area contributed by atoms with Crippen molar-refractivity contribution in [3.8, 4) is 0 Å². The van der Waals surface area contributed by atoms with E-state index >= 15 is 0 Å². The molecule has 6 heteroatoms. The summed E-state index contributed by atoms with van der Waals surface area (Å²) >= 11 is 0. The highest BCUT2D eigenvalue weighted by Crippen LogP contribution is 1.88. The quantitative estimate of drug-likeness (QED) is 0.209. The van der Waals surface area contributed by atoms with Crippen molar-refractivity contribution in [3.05, 3.63) is 12.2 Å². The number of nitrogens with one attached hydrogen (secondary N) is 1. The van der Waals surface area contributed by atoms with Crippen LogP contribution in [0.25, 0.3) is 0 Å². The smallest absolute Gasteiger partial charge is 0.188 e. The van der Waals surface area contributed by atoms with Gasteiger partial charge in [0.15, 0.2) is 5.96 Å². The molecule has 0 aliphatic rings. The number of nitrogens with zero attached hydrogens (tertiary/aromatic N) is 2. The molecule has 0 saturated heterocycles. The summed E-state index contributed by atoms with van der Waals surface area (Å²) in [6.07, 6.45) is 1.03. The number of hydrogen-bond acceptors (Lipinski definition) is 3. The summed E-state index contributed by atoms with van der Waals surface area (Å²) in [5.41, 5.74) is 6.69. The Hall–Kier alpha value is -0.340. The van der Waals surface area contributed by atoms with Gasteiger partial charge in [-0.3, -0.25) is 0 Å². The Morgan fingerprint density at radius 3 is 2.67 bits per heavy atom. The highest BCUT2D eigenvalue weighted by atomic mass is 127. The zero-order valence-electron chi connectivity index (χ0n) is 11.7. The van der Waals surface area contributed by atoms with E-state index in [0.29, 0.717) is 12.5 Å². The van der Waals surface area contributed by atoms with E-state index in [1.54, 1.807) is 7.11 Å². The number of guanidine groups is 1. The lowest BCUT2D eigenvalue weighted by molar-refractivity contribution is 0.161. The molecule has 0 aromatic carbocycles. The minimum absolute atomic E-state index is 0. The molecule has 0 bridgehead atoms. The Kier molecular flexibility index (Phi) is 14.5. The monoisotopic (exact) mass is 370 g/mol. The molecule has 3 N–H and O–H groups in total. The van der Waals surface area contributed by atoms with Crippen LogP contribution in [0.15, 0.2) is 17.1 Å². The summed E-state index contributed by atoms with van der Waals surface area (Å²) in [6, 6.07) is 0. The lowest BCUT2D eigenvalue weighted by Gasteiger charge is -2.15. The van der Waals surface area contributed by atoms with Crippen molar-refractivity contribution in [2.24, 2.45) is 10.7 Å². The first-order valence-electron chi connectivity index (χ1n) is 5.92. The SMILES string of the molecule is C=C(C)CN=C(N)NCCCN(C)CCOC.I. The largest absolute Gasteiger partial charge is 0.383 e. The minimum Gasteiger partial charge on any atom is -0.383 e. The van der Waals surface area contributed by atoms with Crippen molar-refractivity contribution in [1.29, 1.82) is 0 Å². The first-order valence-corrected chi connectivity index (χ1v) is 5.92. The second kappa shape index (κ2) is 13.1. The highest BCUT2D eigenvalue weighted by Gasteiger charge is 1.97. The normalized spacial score (nSPS) is 11.2. The molecule has 5 nitrogen and oxygen atoms in total. The van der Waals surface area contributed by atoms with Gasteiger partial charge in [-0.25, -0.2) is 4.99 Å². The molecule has 0 saturated carbocycles. The summed E-state index contributed by atoms with van der Waals surface area (Å²) < 4.78 is 5.01. The first kappa shape index (κ1) is 20.0. The van der Waals surface area contributed by atoms with Crippen LogP contribution in [-0.4, -0.2) is 57.8 Å². The van der Waals surface area contributed by atoms with Gasteiger partial charge in [-0.05, 0) is 26.9 Å². The molecule has 0 aromatic rings. The van der Waals surface area contributed by atoms with Crippen LogP contribution in [0, 0.1) is 0 Å². The number of methoxy groups -OCH3 is 1. The number of aliphatic imine (C=N–C) groups is 1. The van der Waals surface area contributed by atoms with E-state index in [-0.39, 0.29) is 24.0 Å². The van der Waals surface area contributed by atoms with Gasteiger partial charge in [0, 0.05) is 20.2 Å². The molecule has 108 valence electrons. The van der Waals surface area contributed by atoms with E-state index in [2.05, 4.69) is 28.8 Å². The van der Waals surface area contributed by atoms with Crippen molar-refractivity contribution in [2.45, 2.75) is 13.3 Å². The first-order chi connectivity index (χ1) is 8.06. The molecule has 0 spiro atoms. The third kappa shape index (κ3) is 13.7. The summed E-state index contributed by atoms with van der Waals surface area (Å²) in [7, 11) is 3.80. The maximum atomic E-state index is 5.68. The van der Waals surface area contributed by atoms with Crippen LogP contribution >= 0.6 is 24.0 Å². The predicted octanol–water partition coefficient (Wildman–Crippen LogP) is 1.05. The summed E-state index contributed by atoms with van der Waals surface area (Å²) in [6.45, 7) is 9.87. The van der Waals surface area contributed by atoms with Gasteiger partial charge < -0.3 is 20.7 Å². The van der Waals surface area contributed by atoms with Crippen molar-refractivity contribution < 1.29 is 4.74 Å². The van der Waals surface area contributed by atoms with Gasteiger partial charge in [-0.2, -0.15) is 0 Å². The number of halogens is 1. The van der Waals surface area contributed by atoms with E-state index in [9.17, 15) is 0 Å². The van der Waals surface area contributed by atoms with E-state index < -0.39 is 0 Å². The molecular weight excluding hydrogens is 343 g/mol. The predicted molar refractivity (Wildman–Crippen MR) is 88.7 cm³/mol. The Labute approximate surface area is 128 Å². The van der Waals surface area contributed by atoms with E-state index in [1.165, 1.54) is 0 Å². The molecule has 0 aliphatic carbocycles. The zero-order chi connectivity index (χ0) is 13.1. The summed E-state index contributed by atoms with van der Waals surface area (Å²) in [5, 5.41) is 3.08. The highest BCUT2D eigenvalue weighted by molar-refractivity contribution is 14.0. The van der Waals surface area contributed by atoms with Gasteiger partial charge >= 0.3 is 0 Å². The Morgan fingerprint density at radius 1 is 1.44 bits per heavy atom. The number of ether oxygens (including phenoxy) is 1. The van der Waals surface area contributed by atoms with Gasteiger partial charge in [-0.15, -0.1) is 24.0 Å². The molecule has 0 aliphatic heterocycles. The van der Waals surface area contributed by atoms with Crippen LogP contribution in [0.1, 0.15) is 13.3 Å². The van der Waals surface area contributed by atoms with Crippen molar-refractivity contribution in [2.75, 3.05) is 46.9 Å². The van der Waals surface area contributed by atoms with Crippen LogP contribution in [0.4, 0.5) is 0 Å². The Bertz CT molecular complexity index is 246. The third-order valence-corrected chi connectivity index (χ3v) is 2.22. The number of hydrogen-bond donors (Lipinski definition) is 2. The molecule has 0 heterocycles. The van der Waals surface area contributed by atoms with Gasteiger partial charge in [-0.1, -0.05) is 12.2 Å². The fourth-order valence-corrected chi connectivity index (χ4v) is 1.20. The molecule has 18 heavy (non-hydrogen) atoms. The van der Waals surface area contributed by atoms with Gasteiger partial charge in [0.2, 0.25) is 0 Å². The van der Waals surface area contributed by atoms with Crippen LogP contribution < -0.4 is 11.1 Å². The fourth-order valence-electron chi connectivity index (χ4n) is 1.20. The lowest BCUT2D eigenvalue weighted by Crippen LogP contribution is -2.34. The molecule has 0 radical (unpaired) electrons. The van der Waals surface area contributed by atoms with Gasteiger partial charge in [0.1, 0.15) is 0 Å². The standard InChI is InChI=1S/C12H26N4O.HI/c1-11(2)10-15-12(13)14-6-5-7-16(3)8-9-17-4;/h1,5-10H2,2-4H3,(H3,13,14,15);1H. The van der Waals surface area contributed by atoms with Gasteiger partial charge in [0.25, 0.3) is 0 Å². The second-order valence-electron chi connectivity index (χ2n) is 4.23. The number of rotatable bonds is 9. The summed E-state index contributed by atoms with van der Waals surface area (Å²) in [4.78, 5) is 6.37. The molecule has 0 rings (SSSR count). The average Bonchev–Trinajstić information content (AvgIpc) is 2.29. The molecule has 0 atom stereocenters. The van der Waals surface area contributed by atoms with Crippen molar-refractivity contribution >= 4 is 29.9 Å². The lowest BCUT2D eigenvalue weighted by atomic mass is 10.3. The molecule has 0 aromatic heterocycles. The topological polar surface area (TPSA) is 62.9 Å². The van der Waals surface area contributed by atoms with Crippen molar-refractivity contribution in [3.63, 3.8) is 0 Å². The minimum atomic E-state index is 0. The van der Waals surface area contributed by atoms with Crippen LogP contribution in [0.2, 0.25) is 0 Å².